The molecule has 0 atom stereocenters. The van der Waals surface area contributed by atoms with Crippen LogP contribution in [-0.4, -0.2) is 7.12 Å². The first-order valence-corrected chi connectivity index (χ1v) is 12.3. The van der Waals surface area contributed by atoms with Gasteiger partial charge in [-0.2, -0.15) is 0 Å². The molecule has 2 nitrogen and oxygen atoms in total. The fourth-order valence-corrected chi connectivity index (χ4v) is 6.17. The van der Waals surface area contributed by atoms with Crippen molar-refractivity contribution in [2.24, 2.45) is 0 Å². The maximum Gasteiger partial charge on any atom is 0.634 e. The minimum absolute atomic E-state index is 0.0926. The van der Waals surface area contributed by atoms with Gasteiger partial charge in [0, 0.05) is 16.6 Å². The molecule has 0 saturated heterocycles. The predicted octanol–water partition coefficient (Wildman–Crippen LogP) is 7.70. The molecule has 6 aromatic carbocycles. The Bertz CT molecular complexity index is 1720. The second kappa shape index (κ2) is 6.37. The van der Waals surface area contributed by atoms with Gasteiger partial charge in [-0.15, -0.1) is 0 Å². The zero-order valence-corrected chi connectivity index (χ0v) is 20.0. The van der Waals surface area contributed by atoms with Crippen molar-refractivity contribution in [1.29, 1.82) is 0 Å². The highest BCUT2D eigenvalue weighted by Crippen LogP contribution is 2.49. The third-order valence-electron chi connectivity index (χ3n) is 7.81. The lowest BCUT2D eigenvalue weighted by Gasteiger charge is -2.34. The zero-order valence-electron chi connectivity index (χ0n) is 20.0. The van der Waals surface area contributed by atoms with E-state index in [0.717, 1.165) is 28.1 Å². The Morgan fingerprint density at radius 2 is 1.11 bits per heavy atom. The second-order valence-electron chi connectivity index (χ2n) is 10.9. The molecule has 0 N–H and O–H groups in total. The molecule has 0 radical (unpaired) electrons. The van der Waals surface area contributed by atoms with E-state index in [1.165, 1.54) is 49.0 Å². The van der Waals surface area contributed by atoms with Gasteiger partial charge in [0.05, 0.1) is 0 Å². The van der Waals surface area contributed by atoms with E-state index in [-0.39, 0.29) is 5.41 Å². The molecule has 0 bridgehead atoms. The molecule has 35 heavy (non-hydrogen) atoms. The van der Waals surface area contributed by atoms with Crippen LogP contribution in [0, 0.1) is 0 Å². The molecule has 0 spiro atoms. The monoisotopic (exact) mass is 450 g/mol. The second-order valence-corrected chi connectivity index (χ2v) is 10.9. The summed E-state index contributed by atoms with van der Waals surface area (Å²) in [5, 5.41) is 7.82. The van der Waals surface area contributed by atoms with Gasteiger partial charge in [-0.25, -0.2) is 0 Å². The maximum absolute atomic E-state index is 6.45. The highest BCUT2D eigenvalue weighted by Gasteiger charge is 2.43. The molecule has 0 fully saturated rings. The van der Waals surface area contributed by atoms with Gasteiger partial charge >= 0.3 is 7.12 Å². The van der Waals surface area contributed by atoms with Crippen LogP contribution in [0.3, 0.4) is 0 Å². The average molecular weight is 450 g/mol. The van der Waals surface area contributed by atoms with Crippen LogP contribution in [0.15, 0.2) is 84.9 Å². The number of para-hydroxylation sites is 2. The minimum Gasteiger partial charge on any atom is -0.521 e. The number of hydrogen-bond acceptors (Lipinski definition) is 2. The van der Waals surface area contributed by atoms with Crippen molar-refractivity contribution in [3.63, 3.8) is 0 Å². The quantitative estimate of drug-likeness (QED) is 0.174. The van der Waals surface area contributed by atoms with E-state index < -0.39 is 7.12 Å². The van der Waals surface area contributed by atoms with Gasteiger partial charge in [-0.05, 0) is 66.6 Å². The molecule has 8 rings (SSSR count). The minimum atomic E-state index is -0.459. The fraction of sp³-hybridized carbons (Fsp3) is 0.125. The van der Waals surface area contributed by atoms with Gasteiger partial charge in [-0.1, -0.05) is 93.6 Å². The van der Waals surface area contributed by atoms with Crippen molar-refractivity contribution >= 4 is 44.9 Å². The van der Waals surface area contributed by atoms with Crippen molar-refractivity contribution in [2.45, 2.75) is 26.2 Å². The van der Waals surface area contributed by atoms with E-state index in [1.54, 1.807) is 0 Å². The lowest BCUT2D eigenvalue weighted by molar-refractivity contribution is 0.436. The van der Waals surface area contributed by atoms with Crippen molar-refractivity contribution < 1.29 is 9.31 Å². The van der Waals surface area contributed by atoms with Crippen LogP contribution in [0.5, 0.6) is 11.5 Å². The van der Waals surface area contributed by atoms with Crippen LogP contribution in [0.4, 0.5) is 0 Å². The lowest BCUT2D eigenvalue weighted by atomic mass is 9.63. The summed E-state index contributed by atoms with van der Waals surface area (Å²) >= 11 is 0. The van der Waals surface area contributed by atoms with Gasteiger partial charge in [0.15, 0.2) is 0 Å². The Morgan fingerprint density at radius 1 is 0.600 bits per heavy atom. The lowest BCUT2D eigenvalue weighted by Crippen LogP contribution is -2.49. The molecule has 0 aromatic heterocycles. The summed E-state index contributed by atoms with van der Waals surface area (Å²) in [4.78, 5) is 0. The van der Waals surface area contributed by atoms with Gasteiger partial charge in [-0.3, -0.25) is 0 Å². The summed E-state index contributed by atoms with van der Waals surface area (Å²) in [5.41, 5.74) is 7.35. The maximum atomic E-state index is 6.45. The summed E-state index contributed by atoms with van der Waals surface area (Å²) in [5.74, 6) is 1.75. The molecular formula is C32H23BO2. The number of fused-ring (bicyclic) bond motifs is 6. The van der Waals surface area contributed by atoms with Crippen LogP contribution in [0.1, 0.15) is 26.3 Å². The molecule has 2 heterocycles. The Balaban J connectivity index is 1.62. The molecule has 166 valence electrons. The standard InChI is InChI=1S/C32H23BO2/c1-32(2,3)20-16-18-12-14-23-28-24(15-13-19(17-20)27(18)28)30-22-9-5-7-11-26(22)35-33-31(30)29(23)21-8-4-6-10-25(21)34-33/h4-17H,1-3H3. The Morgan fingerprint density at radius 3 is 1.63 bits per heavy atom. The normalized spacial score (nSPS) is 14.0. The smallest absolute Gasteiger partial charge is 0.521 e. The van der Waals surface area contributed by atoms with Crippen LogP contribution in [-0.2, 0) is 5.41 Å². The van der Waals surface area contributed by atoms with E-state index >= 15 is 0 Å². The zero-order chi connectivity index (χ0) is 23.5. The third-order valence-corrected chi connectivity index (χ3v) is 7.81. The van der Waals surface area contributed by atoms with Crippen LogP contribution < -0.4 is 14.8 Å². The number of benzene rings is 6. The molecule has 2 aliphatic rings. The van der Waals surface area contributed by atoms with Crippen LogP contribution >= 0.6 is 0 Å². The predicted molar refractivity (Wildman–Crippen MR) is 146 cm³/mol. The van der Waals surface area contributed by atoms with E-state index in [4.69, 9.17) is 9.31 Å². The fourth-order valence-electron chi connectivity index (χ4n) is 6.17. The summed E-state index contributed by atoms with van der Waals surface area (Å²) in [6, 6.07) is 30.7. The van der Waals surface area contributed by atoms with Crippen molar-refractivity contribution in [1.82, 2.24) is 0 Å². The Labute approximate surface area is 204 Å². The molecular weight excluding hydrogens is 427 g/mol. The third kappa shape index (κ3) is 2.45. The van der Waals surface area contributed by atoms with Crippen molar-refractivity contribution in [3.05, 3.63) is 90.5 Å². The topological polar surface area (TPSA) is 18.5 Å². The van der Waals surface area contributed by atoms with Gasteiger partial charge in [0.1, 0.15) is 11.5 Å². The highest BCUT2D eigenvalue weighted by atomic mass is 16.6. The van der Waals surface area contributed by atoms with Crippen LogP contribution in [0.2, 0.25) is 0 Å². The molecule has 3 heteroatoms. The summed E-state index contributed by atoms with van der Waals surface area (Å²) in [7, 11) is -0.459. The molecule has 0 unspecified atom stereocenters. The van der Waals surface area contributed by atoms with E-state index in [1.807, 2.05) is 12.1 Å². The Hall–Kier alpha value is -3.98. The number of rotatable bonds is 0. The summed E-state index contributed by atoms with van der Waals surface area (Å²) in [6.45, 7) is 6.86. The number of hydrogen-bond donors (Lipinski definition) is 0. The molecule has 2 aliphatic heterocycles. The molecule has 0 amide bonds. The van der Waals surface area contributed by atoms with Gasteiger partial charge in [0.25, 0.3) is 0 Å². The summed E-state index contributed by atoms with van der Waals surface area (Å²) in [6.07, 6.45) is 0. The van der Waals surface area contributed by atoms with E-state index in [0.29, 0.717) is 0 Å². The summed E-state index contributed by atoms with van der Waals surface area (Å²) < 4.78 is 12.9. The molecule has 0 saturated carbocycles. The van der Waals surface area contributed by atoms with Crippen LogP contribution in [0.25, 0.3) is 54.6 Å². The first kappa shape index (κ1) is 19.3. The van der Waals surface area contributed by atoms with Gasteiger partial charge < -0.3 is 9.31 Å². The Kier molecular flexibility index (Phi) is 3.52. The SMILES string of the molecule is CC(C)(C)c1cc2ccc3c4c5c(c6ccc(c1)c2c36)-c1ccccc1OB5Oc1ccccc1-4. The first-order valence-electron chi connectivity index (χ1n) is 12.3. The average Bonchev–Trinajstić information content (AvgIpc) is 2.86. The van der Waals surface area contributed by atoms with E-state index in [2.05, 4.69) is 93.6 Å². The van der Waals surface area contributed by atoms with Crippen molar-refractivity contribution in [2.75, 3.05) is 0 Å². The molecule has 0 aliphatic carbocycles. The van der Waals surface area contributed by atoms with E-state index in [9.17, 15) is 0 Å². The highest BCUT2D eigenvalue weighted by molar-refractivity contribution is 6.69. The largest absolute Gasteiger partial charge is 0.634 e. The first-order chi connectivity index (χ1) is 17.0. The molecule has 6 aromatic rings. The van der Waals surface area contributed by atoms with Gasteiger partial charge in [0.2, 0.25) is 0 Å². The van der Waals surface area contributed by atoms with Crippen molar-refractivity contribution in [3.8, 4) is 33.8 Å².